The van der Waals surface area contributed by atoms with Crippen molar-refractivity contribution in [3.63, 3.8) is 0 Å². The van der Waals surface area contributed by atoms with E-state index < -0.39 is 0 Å². The molecule has 0 bridgehead atoms. The molecule has 0 saturated carbocycles. The van der Waals surface area contributed by atoms with E-state index in [0.717, 1.165) is 17.5 Å². The second kappa shape index (κ2) is 5.76. The number of hydrogen-bond acceptors (Lipinski definition) is 4. The van der Waals surface area contributed by atoms with Crippen LogP contribution in [0.1, 0.15) is 24.5 Å². The van der Waals surface area contributed by atoms with E-state index in [0.29, 0.717) is 12.5 Å². The van der Waals surface area contributed by atoms with Gasteiger partial charge in [0.05, 0.1) is 12.2 Å². The van der Waals surface area contributed by atoms with Crippen LogP contribution in [0.3, 0.4) is 0 Å². The molecule has 0 aromatic carbocycles. The average molecular weight is 203 g/mol. The zero-order valence-corrected chi connectivity index (χ0v) is 8.90. The van der Waals surface area contributed by atoms with Crippen molar-refractivity contribution in [3.05, 3.63) is 29.6 Å². The maximum Gasteiger partial charge on any atom is 0.233 e. The summed E-state index contributed by atoms with van der Waals surface area (Å²) >= 11 is 0. The van der Waals surface area contributed by atoms with Crippen LogP contribution in [-0.2, 0) is 4.74 Å². The van der Waals surface area contributed by atoms with Gasteiger partial charge in [-0.05, 0) is 25.0 Å². The molecule has 0 radical (unpaired) electrons. The molecular formula is C11H13N3O. The van der Waals surface area contributed by atoms with Gasteiger partial charge in [0.15, 0.2) is 0 Å². The minimum Gasteiger partial charge on any atom is -0.477 e. The summed E-state index contributed by atoms with van der Waals surface area (Å²) in [7, 11) is 0. The SMILES string of the molecule is CCCO/C(=N\C#N)c1cncc(C)c1. The fourth-order valence-electron chi connectivity index (χ4n) is 1.10. The quantitative estimate of drug-likeness (QED) is 0.429. The van der Waals surface area contributed by atoms with Crippen LogP contribution in [0.25, 0.3) is 0 Å². The Morgan fingerprint density at radius 3 is 3.00 bits per heavy atom. The predicted octanol–water partition coefficient (Wildman–Crippen LogP) is 2.04. The number of nitrogens with zero attached hydrogens (tertiary/aromatic N) is 3. The van der Waals surface area contributed by atoms with Gasteiger partial charge in [0.25, 0.3) is 0 Å². The Balaban J connectivity index is 2.90. The molecule has 0 atom stereocenters. The standard InChI is InChI=1S/C11H13N3O/c1-3-4-15-11(14-8-12)10-5-9(2)6-13-7-10/h5-7H,3-4H2,1-2H3/b14-11-. The number of ether oxygens (including phenoxy) is 1. The first-order chi connectivity index (χ1) is 7.27. The lowest BCUT2D eigenvalue weighted by atomic mass is 10.2. The monoisotopic (exact) mass is 203 g/mol. The molecular weight excluding hydrogens is 190 g/mol. The highest BCUT2D eigenvalue weighted by Gasteiger charge is 2.05. The van der Waals surface area contributed by atoms with E-state index in [4.69, 9.17) is 10.00 Å². The topological polar surface area (TPSA) is 58.3 Å². The summed E-state index contributed by atoms with van der Waals surface area (Å²) in [5, 5.41) is 8.53. The minimum atomic E-state index is 0.343. The molecule has 0 amide bonds. The van der Waals surface area contributed by atoms with Gasteiger partial charge in [-0.3, -0.25) is 4.98 Å². The van der Waals surface area contributed by atoms with Crippen LogP contribution in [0.2, 0.25) is 0 Å². The Morgan fingerprint density at radius 2 is 2.40 bits per heavy atom. The number of nitriles is 1. The summed E-state index contributed by atoms with van der Waals surface area (Å²) in [6.07, 6.45) is 5.99. The summed E-state index contributed by atoms with van der Waals surface area (Å²) in [5.41, 5.74) is 1.75. The van der Waals surface area contributed by atoms with E-state index in [1.165, 1.54) is 0 Å². The lowest BCUT2D eigenvalue weighted by Gasteiger charge is -2.06. The van der Waals surface area contributed by atoms with E-state index in [9.17, 15) is 0 Å². The molecule has 78 valence electrons. The van der Waals surface area contributed by atoms with Crippen molar-refractivity contribution >= 4 is 5.90 Å². The van der Waals surface area contributed by atoms with E-state index in [1.54, 1.807) is 18.6 Å². The largest absolute Gasteiger partial charge is 0.477 e. The molecule has 0 fully saturated rings. The number of hydrogen-bond donors (Lipinski definition) is 0. The van der Waals surface area contributed by atoms with Gasteiger partial charge in [-0.2, -0.15) is 5.26 Å². The van der Waals surface area contributed by atoms with E-state index >= 15 is 0 Å². The van der Waals surface area contributed by atoms with Gasteiger partial charge in [-0.25, -0.2) is 0 Å². The third-order valence-electron chi connectivity index (χ3n) is 1.72. The molecule has 0 saturated heterocycles. The van der Waals surface area contributed by atoms with Crippen molar-refractivity contribution in [2.45, 2.75) is 20.3 Å². The van der Waals surface area contributed by atoms with Crippen molar-refractivity contribution in [2.24, 2.45) is 4.99 Å². The molecule has 1 rings (SSSR count). The van der Waals surface area contributed by atoms with Crippen LogP contribution < -0.4 is 0 Å². The minimum absolute atomic E-state index is 0.343. The highest BCUT2D eigenvalue weighted by atomic mass is 16.5. The van der Waals surface area contributed by atoms with Crippen molar-refractivity contribution in [2.75, 3.05) is 6.61 Å². The summed E-state index contributed by atoms with van der Waals surface area (Å²) in [5.74, 6) is 0.343. The number of aromatic nitrogens is 1. The maximum atomic E-state index is 8.53. The number of aryl methyl sites for hydroxylation is 1. The first kappa shape index (κ1) is 11.2. The van der Waals surface area contributed by atoms with Gasteiger partial charge < -0.3 is 4.74 Å². The van der Waals surface area contributed by atoms with Gasteiger partial charge in [-0.15, -0.1) is 4.99 Å². The van der Waals surface area contributed by atoms with Crippen molar-refractivity contribution in [1.29, 1.82) is 5.26 Å². The van der Waals surface area contributed by atoms with Gasteiger partial charge >= 0.3 is 0 Å². The van der Waals surface area contributed by atoms with Crippen LogP contribution >= 0.6 is 0 Å². The fourth-order valence-corrected chi connectivity index (χ4v) is 1.10. The third kappa shape index (κ3) is 3.39. The normalized spacial score (nSPS) is 10.9. The van der Waals surface area contributed by atoms with Gasteiger partial charge in [0, 0.05) is 12.4 Å². The van der Waals surface area contributed by atoms with Crippen molar-refractivity contribution < 1.29 is 4.74 Å². The molecule has 1 heterocycles. The second-order valence-corrected chi connectivity index (χ2v) is 3.12. The van der Waals surface area contributed by atoms with Gasteiger partial charge in [0.1, 0.15) is 0 Å². The molecule has 15 heavy (non-hydrogen) atoms. The highest BCUT2D eigenvalue weighted by molar-refractivity contribution is 5.94. The highest BCUT2D eigenvalue weighted by Crippen LogP contribution is 2.04. The van der Waals surface area contributed by atoms with Crippen LogP contribution in [0, 0.1) is 18.4 Å². The molecule has 0 aliphatic heterocycles. The zero-order valence-electron chi connectivity index (χ0n) is 8.90. The van der Waals surface area contributed by atoms with E-state index in [2.05, 4.69) is 9.98 Å². The Labute approximate surface area is 89.2 Å². The van der Waals surface area contributed by atoms with Crippen molar-refractivity contribution in [3.8, 4) is 6.19 Å². The number of rotatable bonds is 3. The molecule has 1 aromatic heterocycles. The molecule has 0 aliphatic carbocycles. The maximum absolute atomic E-state index is 8.53. The zero-order chi connectivity index (χ0) is 11.1. The summed E-state index contributed by atoms with van der Waals surface area (Å²) in [6, 6.07) is 1.89. The Bertz CT molecular complexity index is 393. The number of pyridine rings is 1. The first-order valence-corrected chi connectivity index (χ1v) is 4.79. The second-order valence-electron chi connectivity index (χ2n) is 3.12. The van der Waals surface area contributed by atoms with E-state index in [1.807, 2.05) is 19.9 Å². The van der Waals surface area contributed by atoms with E-state index in [-0.39, 0.29) is 0 Å². The summed E-state index contributed by atoms with van der Waals surface area (Å²) in [6.45, 7) is 4.48. The molecule has 0 spiro atoms. The molecule has 1 aromatic rings. The molecule has 0 unspecified atom stereocenters. The van der Waals surface area contributed by atoms with Crippen LogP contribution in [0.4, 0.5) is 0 Å². The van der Waals surface area contributed by atoms with Gasteiger partial charge in [0.2, 0.25) is 12.1 Å². The molecule has 4 heteroatoms. The smallest absolute Gasteiger partial charge is 0.233 e. The van der Waals surface area contributed by atoms with Crippen LogP contribution in [0.5, 0.6) is 0 Å². The lowest BCUT2D eigenvalue weighted by molar-refractivity contribution is 0.306. The lowest BCUT2D eigenvalue weighted by Crippen LogP contribution is -2.08. The van der Waals surface area contributed by atoms with Gasteiger partial charge in [-0.1, -0.05) is 6.92 Å². The third-order valence-corrected chi connectivity index (χ3v) is 1.72. The Hall–Kier alpha value is -1.89. The first-order valence-electron chi connectivity index (χ1n) is 4.79. The van der Waals surface area contributed by atoms with Crippen LogP contribution in [0.15, 0.2) is 23.5 Å². The summed E-state index contributed by atoms with van der Waals surface area (Å²) < 4.78 is 5.36. The fraction of sp³-hybridized carbons (Fsp3) is 0.364. The predicted molar refractivity (Wildman–Crippen MR) is 57.4 cm³/mol. The molecule has 0 aliphatic rings. The molecule has 4 nitrogen and oxygen atoms in total. The van der Waals surface area contributed by atoms with Crippen LogP contribution in [-0.4, -0.2) is 17.5 Å². The average Bonchev–Trinajstić information content (AvgIpc) is 2.24. The Kier molecular flexibility index (Phi) is 4.30. The van der Waals surface area contributed by atoms with Crippen molar-refractivity contribution in [1.82, 2.24) is 4.98 Å². The molecule has 0 N–H and O–H groups in total. The number of aliphatic imine (C=N–C) groups is 1. The Morgan fingerprint density at radius 1 is 1.60 bits per heavy atom. The summed E-state index contributed by atoms with van der Waals surface area (Å²) in [4.78, 5) is 7.66.